The van der Waals surface area contributed by atoms with Crippen LogP contribution < -0.4 is 5.32 Å². The molecule has 16 heavy (non-hydrogen) atoms. The summed E-state index contributed by atoms with van der Waals surface area (Å²) in [6.45, 7) is 2.16. The normalized spacial score (nSPS) is 12.4. The summed E-state index contributed by atoms with van der Waals surface area (Å²) in [4.78, 5) is 4.24. The van der Waals surface area contributed by atoms with E-state index in [-0.39, 0.29) is 6.04 Å². The van der Waals surface area contributed by atoms with E-state index in [1.165, 1.54) is 5.56 Å². The van der Waals surface area contributed by atoms with Gasteiger partial charge in [-0.05, 0) is 24.6 Å². The molecular formula is C12H14BrN3. The Hall–Kier alpha value is -1.29. The molecule has 4 heteroatoms. The number of hydrogen-bond acceptors (Lipinski definition) is 2. The van der Waals surface area contributed by atoms with Crippen LogP contribution in [0.25, 0.3) is 0 Å². The second-order valence-corrected chi connectivity index (χ2v) is 4.55. The van der Waals surface area contributed by atoms with Crippen LogP contribution in [0.3, 0.4) is 0 Å². The molecule has 2 rings (SSSR count). The molecule has 0 bridgehead atoms. The molecule has 0 aliphatic heterocycles. The zero-order chi connectivity index (χ0) is 11.5. The van der Waals surface area contributed by atoms with Gasteiger partial charge in [0.1, 0.15) is 0 Å². The molecule has 84 valence electrons. The summed E-state index contributed by atoms with van der Waals surface area (Å²) >= 11 is 3.44. The van der Waals surface area contributed by atoms with E-state index in [1.54, 1.807) is 6.20 Å². The molecule has 1 heterocycles. The van der Waals surface area contributed by atoms with Crippen LogP contribution in [0.4, 0.5) is 5.95 Å². The summed E-state index contributed by atoms with van der Waals surface area (Å²) in [5.41, 5.74) is 1.26. The van der Waals surface area contributed by atoms with E-state index in [0.29, 0.717) is 0 Å². The third-order valence-corrected chi connectivity index (χ3v) is 3.19. The molecular weight excluding hydrogens is 266 g/mol. The predicted octanol–water partition coefficient (Wildman–Crippen LogP) is 3.30. The average Bonchev–Trinajstić information content (AvgIpc) is 2.77. The molecule has 0 spiro atoms. The van der Waals surface area contributed by atoms with Crippen LogP contribution in [0.15, 0.2) is 41.1 Å². The summed E-state index contributed by atoms with van der Waals surface area (Å²) in [5, 5.41) is 3.08. The Kier molecular flexibility index (Phi) is 3.29. The number of nitrogens with one attached hydrogen (secondary N) is 1. The minimum absolute atomic E-state index is 0.276. The summed E-state index contributed by atoms with van der Waals surface area (Å²) in [5.74, 6) is 0.885. The molecule has 0 fully saturated rings. The molecule has 0 saturated heterocycles. The first kappa shape index (κ1) is 11.2. The van der Waals surface area contributed by atoms with Gasteiger partial charge in [-0.2, -0.15) is 0 Å². The summed E-state index contributed by atoms with van der Waals surface area (Å²) in [7, 11) is 1.88. The molecule has 3 nitrogen and oxygen atoms in total. The Morgan fingerprint density at radius 2 is 2.00 bits per heavy atom. The van der Waals surface area contributed by atoms with Crippen molar-refractivity contribution in [2.75, 3.05) is 12.4 Å². The lowest BCUT2D eigenvalue weighted by atomic mass is 10.1. The van der Waals surface area contributed by atoms with E-state index >= 15 is 0 Å². The monoisotopic (exact) mass is 279 g/mol. The lowest BCUT2D eigenvalue weighted by Crippen LogP contribution is -2.09. The highest BCUT2D eigenvalue weighted by Crippen LogP contribution is 2.22. The van der Waals surface area contributed by atoms with Crippen LogP contribution in [0.1, 0.15) is 18.5 Å². The number of rotatable bonds is 3. The van der Waals surface area contributed by atoms with Crippen LogP contribution in [0.5, 0.6) is 0 Å². The van der Waals surface area contributed by atoms with Crippen LogP contribution in [0, 0.1) is 0 Å². The van der Waals surface area contributed by atoms with Crippen LogP contribution in [-0.4, -0.2) is 16.6 Å². The highest BCUT2D eigenvalue weighted by atomic mass is 79.9. The van der Waals surface area contributed by atoms with Crippen molar-refractivity contribution in [3.8, 4) is 0 Å². The zero-order valence-corrected chi connectivity index (χ0v) is 10.9. The first-order chi connectivity index (χ1) is 7.72. The highest BCUT2D eigenvalue weighted by molar-refractivity contribution is 9.10. The topological polar surface area (TPSA) is 29.9 Å². The van der Waals surface area contributed by atoms with Gasteiger partial charge >= 0.3 is 0 Å². The SMILES string of the molecule is CNc1nccn1C(C)c1ccc(Br)cc1. The molecule has 1 aromatic heterocycles. The van der Waals surface area contributed by atoms with Gasteiger partial charge in [-0.3, -0.25) is 0 Å². The van der Waals surface area contributed by atoms with Gasteiger partial charge in [0.25, 0.3) is 0 Å². The van der Waals surface area contributed by atoms with E-state index in [4.69, 9.17) is 0 Å². The highest BCUT2D eigenvalue weighted by Gasteiger charge is 2.10. The third-order valence-electron chi connectivity index (χ3n) is 2.66. The van der Waals surface area contributed by atoms with Crippen LogP contribution >= 0.6 is 15.9 Å². The van der Waals surface area contributed by atoms with Crippen LogP contribution in [0.2, 0.25) is 0 Å². The molecule has 0 radical (unpaired) electrons. The maximum atomic E-state index is 4.24. The van der Waals surface area contributed by atoms with E-state index < -0.39 is 0 Å². The second-order valence-electron chi connectivity index (χ2n) is 3.64. The maximum absolute atomic E-state index is 4.24. The van der Waals surface area contributed by atoms with Gasteiger partial charge in [0.15, 0.2) is 0 Å². The van der Waals surface area contributed by atoms with Crippen molar-refractivity contribution < 1.29 is 0 Å². The van der Waals surface area contributed by atoms with Crippen molar-refractivity contribution in [1.82, 2.24) is 9.55 Å². The Bertz CT molecular complexity index is 461. The van der Waals surface area contributed by atoms with E-state index in [0.717, 1.165) is 10.4 Å². The van der Waals surface area contributed by atoms with E-state index in [2.05, 4.69) is 62.0 Å². The minimum atomic E-state index is 0.276. The predicted molar refractivity (Wildman–Crippen MR) is 69.7 cm³/mol. The standard InChI is InChI=1S/C12H14BrN3/c1-9(10-3-5-11(13)6-4-10)16-8-7-15-12(16)14-2/h3-9H,1-2H3,(H,14,15). The van der Waals surface area contributed by atoms with Gasteiger partial charge in [-0.25, -0.2) is 4.98 Å². The Morgan fingerprint density at radius 3 is 2.62 bits per heavy atom. The van der Waals surface area contributed by atoms with Crippen molar-refractivity contribution in [1.29, 1.82) is 0 Å². The summed E-state index contributed by atoms with van der Waals surface area (Å²) < 4.78 is 3.21. The quantitative estimate of drug-likeness (QED) is 0.935. The molecule has 0 aliphatic rings. The molecule has 2 aromatic rings. The largest absolute Gasteiger partial charge is 0.359 e. The maximum Gasteiger partial charge on any atom is 0.203 e. The molecule has 1 atom stereocenters. The van der Waals surface area contributed by atoms with Crippen molar-refractivity contribution in [2.24, 2.45) is 0 Å². The lowest BCUT2D eigenvalue weighted by Gasteiger charge is -2.16. The Labute approximate surface area is 104 Å². The van der Waals surface area contributed by atoms with Crippen molar-refractivity contribution >= 4 is 21.9 Å². The zero-order valence-electron chi connectivity index (χ0n) is 9.31. The van der Waals surface area contributed by atoms with Crippen LogP contribution in [-0.2, 0) is 0 Å². The van der Waals surface area contributed by atoms with E-state index in [1.807, 2.05) is 13.2 Å². The molecule has 1 N–H and O–H groups in total. The number of hydrogen-bond donors (Lipinski definition) is 1. The fourth-order valence-electron chi connectivity index (χ4n) is 1.72. The molecule has 1 aromatic carbocycles. The number of imidazole rings is 1. The van der Waals surface area contributed by atoms with Gasteiger partial charge in [0, 0.05) is 23.9 Å². The first-order valence-electron chi connectivity index (χ1n) is 5.18. The lowest BCUT2D eigenvalue weighted by molar-refractivity contribution is 0.646. The first-order valence-corrected chi connectivity index (χ1v) is 5.97. The number of anilines is 1. The molecule has 0 amide bonds. The summed E-state index contributed by atoms with van der Waals surface area (Å²) in [6, 6.07) is 8.63. The van der Waals surface area contributed by atoms with Crippen molar-refractivity contribution in [3.05, 3.63) is 46.7 Å². The fraction of sp³-hybridized carbons (Fsp3) is 0.250. The van der Waals surface area contributed by atoms with Crippen molar-refractivity contribution in [3.63, 3.8) is 0 Å². The average molecular weight is 280 g/mol. The smallest absolute Gasteiger partial charge is 0.203 e. The second kappa shape index (κ2) is 4.70. The number of aromatic nitrogens is 2. The van der Waals surface area contributed by atoms with E-state index in [9.17, 15) is 0 Å². The molecule has 0 aliphatic carbocycles. The van der Waals surface area contributed by atoms with Gasteiger partial charge in [-0.15, -0.1) is 0 Å². The van der Waals surface area contributed by atoms with Gasteiger partial charge in [0.05, 0.1) is 6.04 Å². The van der Waals surface area contributed by atoms with Gasteiger partial charge in [0.2, 0.25) is 5.95 Å². The number of benzene rings is 1. The number of halogens is 1. The number of nitrogens with zero attached hydrogens (tertiary/aromatic N) is 2. The Balaban J connectivity index is 2.31. The molecule has 0 saturated carbocycles. The Morgan fingerprint density at radius 1 is 1.31 bits per heavy atom. The fourth-order valence-corrected chi connectivity index (χ4v) is 1.99. The molecule has 1 unspecified atom stereocenters. The third kappa shape index (κ3) is 2.11. The van der Waals surface area contributed by atoms with Gasteiger partial charge in [-0.1, -0.05) is 28.1 Å². The summed E-state index contributed by atoms with van der Waals surface area (Å²) in [6.07, 6.45) is 3.79. The van der Waals surface area contributed by atoms with Gasteiger partial charge < -0.3 is 9.88 Å². The van der Waals surface area contributed by atoms with Crippen molar-refractivity contribution in [2.45, 2.75) is 13.0 Å². The minimum Gasteiger partial charge on any atom is -0.359 e.